The van der Waals surface area contributed by atoms with Crippen LogP contribution in [0, 0.1) is 5.21 Å². The van der Waals surface area contributed by atoms with Crippen LogP contribution in [-0.2, 0) is 6.61 Å². The van der Waals surface area contributed by atoms with Crippen LogP contribution in [0.4, 0.5) is 0 Å². The molecule has 3 N–H and O–H groups in total. The Balaban J connectivity index is 1.82. The van der Waals surface area contributed by atoms with Crippen LogP contribution in [0.15, 0.2) is 84.0 Å². The topological polar surface area (TPSA) is 87.6 Å². The van der Waals surface area contributed by atoms with Crippen LogP contribution in [-0.4, -0.2) is 27.2 Å². The van der Waals surface area contributed by atoms with Crippen molar-refractivity contribution in [3.8, 4) is 0 Å². The lowest BCUT2D eigenvalue weighted by atomic mass is 9.85. The van der Waals surface area contributed by atoms with E-state index in [-0.39, 0.29) is 12.4 Å². The van der Waals surface area contributed by atoms with Crippen molar-refractivity contribution in [3.05, 3.63) is 101 Å². The standard InChI is InChI=1S/C22H23NO4S/c24-14-16-9-11-18(12-10-16)22(26)21(17-6-2-1-3-7-17)19(25)15-28-20-8-4-5-13-23(20)27/h1-13,19,21-22,24-26H,14-15H2/t19-,21-,22+/m1/s1. The predicted octanol–water partition coefficient (Wildman–Crippen LogP) is 2.78. The number of aromatic nitrogens is 1. The molecule has 3 aromatic rings. The minimum atomic E-state index is -0.930. The van der Waals surface area contributed by atoms with Crippen molar-refractivity contribution in [2.45, 2.75) is 29.8 Å². The highest BCUT2D eigenvalue weighted by atomic mass is 32.2. The Kier molecular flexibility index (Phi) is 7.06. The molecule has 28 heavy (non-hydrogen) atoms. The third kappa shape index (κ3) is 4.91. The Morgan fingerprint density at radius 3 is 2.18 bits per heavy atom. The first-order valence-electron chi connectivity index (χ1n) is 9.02. The zero-order valence-electron chi connectivity index (χ0n) is 15.3. The summed E-state index contributed by atoms with van der Waals surface area (Å²) < 4.78 is 0.763. The summed E-state index contributed by atoms with van der Waals surface area (Å²) in [6.07, 6.45) is -0.387. The number of hydrogen-bond donors (Lipinski definition) is 3. The molecule has 5 nitrogen and oxygen atoms in total. The summed E-state index contributed by atoms with van der Waals surface area (Å²) in [7, 11) is 0. The summed E-state index contributed by atoms with van der Waals surface area (Å²) >= 11 is 1.25. The fraction of sp³-hybridized carbons (Fsp3) is 0.227. The average molecular weight is 397 g/mol. The fourth-order valence-electron chi connectivity index (χ4n) is 3.12. The molecule has 0 bridgehead atoms. The highest BCUT2D eigenvalue weighted by Crippen LogP contribution is 2.35. The van der Waals surface area contributed by atoms with Crippen LogP contribution in [0.2, 0.25) is 0 Å². The molecule has 0 amide bonds. The first-order valence-corrected chi connectivity index (χ1v) is 10.0. The minimum Gasteiger partial charge on any atom is -0.618 e. The highest BCUT2D eigenvalue weighted by molar-refractivity contribution is 7.99. The maximum absolute atomic E-state index is 11.8. The van der Waals surface area contributed by atoms with Crippen LogP contribution >= 0.6 is 11.8 Å². The van der Waals surface area contributed by atoms with Gasteiger partial charge in [-0.15, -0.1) is 0 Å². The lowest BCUT2D eigenvalue weighted by Crippen LogP contribution is -2.30. The molecule has 146 valence electrons. The van der Waals surface area contributed by atoms with Gasteiger partial charge < -0.3 is 20.5 Å². The van der Waals surface area contributed by atoms with Crippen LogP contribution in [0.1, 0.15) is 28.7 Å². The number of aliphatic hydroxyl groups excluding tert-OH is 3. The lowest BCUT2D eigenvalue weighted by Gasteiger charge is -2.28. The Bertz CT molecular complexity index is 873. The SMILES string of the molecule is [O-][n+]1ccccc1SC[C@@H](O)[C@@H](c1ccccc1)[C@@H](O)c1ccc(CO)cc1. The van der Waals surface area contributed by atoms with Gasteiger partial charge >= 0.3 is 0 Å². The smallest absolute Gasteiger partial charge is 0.251 e. The van der Waals surface area contributed by atoms with E-state index in [9.17, 15) is 20.5 Å². The number of rotatable bonds is 8. The second-order valence-corrected chi connectivity index (χ2v) is 7.56. The molecule has 3 rings (SSSR count). The monoisotopic (exact) mass is 397 g/mol. The van der Waals surface area contributed by atoms with Gasteiger partial charge in [0, 0.05) is 23.8 Å². The summed E-state index contributed by atoms with van der Waals surface area (Å²) in [5.41, 5.74) is 2.23. The van der Waals surface area contributed by atoms with E-state index in [0.29, 0.717) is 10.6 Å². The summed E-state index contributed by atoms with van der Waals surface area (Å²) in [4.78, 5) is 0. The van der Waals surface area contributed by atoms with Gasteiger partial charge in [-0.1, -0.05) is 66.4 Å². The molecule has 0 radical (unpaired) electrons. The van der Waals surface area contributed by atoms with E-state index in [1.807, 2.05) is 30.3 Å². The van der Waals surface area contributed by atoms with Gasteiger partial charge in [0.1, 0.15) is 0 Å². The van der Waals surface area contributed by atoms with Gasteiger partial charge in [-0.2, -0.15) is 4.73 Å². The first kappa shape index (κ1) is 20.4. The van der Waals surface area contributed by atoms with E-state index in [4.69, 9.17) is 0 Å². The molecule has 0 unspecified atom stereocenters. The maximum Gasteiger partial charge on any atom is 0.251 e. The van der Waals surface area contributed by atoms with Crippen LogP contribution in [0.5, 0.6) is 0 Å². The second kappa shape index (κ2) is 9.71. The molecule has 0 spiro atoms. The van der Waals surface area contributed by atoms with Crippen LogP contribution in [0.3, 0.4) is 0 Å². The van der Waals surface area contributed by atoms with Crippen molar-refractivity contribution in [3.63, 3.8) is 0 Å². The fourth-order valence-corrected chi connectivity index (χ4v) is 4.03. The van der Waals surface area contributed by atoms with Crippen LogP contribution < -0.4 is 4.73 Å². The third-order valence-corrected chi connectivity index (χ3v) is 5.75. The molecule has 0 saturated carbocycles. The van der Waals surface area contributed by atoms with Crippen molar-refractivity contribution in [1.82, 2.24) is 0 Å². The largest absolute Gasteiger partial charge is 0.618 e. The van der Waals surface area contributed by atoms with Gasteiger partial charge in [0.2, 0.25) is 0 Å². The van der Waals surface area contributed by atoms with Crippen molar-refractivity contribution in [2.24, 2.45) is 0 Å². The Morgan fingerprint density at radius 1 is 0.857 bits per heavy atom. The first-order chi connectivity index (χ1) is 13.6. The van der Waals surface area contributed by atoms with Crippen molar-refractivity contribution in [1.29, 1.82) is 0 Å². The number of hydrogen-bond acceptors (Lipinski definition) is 5. The van der Waals surface area contributed by atoms with E-state index in [0.717, 1.165) is 15.9 Å². The lowest BCUT2D eigenvalue weighted by molar-refractivity contribution is -0.645. The van der Waals surface area contributed by atoms with Gasteiger partial charge in [0.15, 0.2) is 6.20 Å². The summed E-state index contributed by atoms with van der Waals surface area (Å²) in [5, 5.41) is 43.5. The Hall–Kier alpha value is -2.38. The molecule has 0 fully saturated rings. The van der Waals surface area contributed by atoms with Crippen LogP contribution in [0.25, 0.3) is 0 Å². The maximum atomic E-state index is 11.8. The number of pyridine rings is 1. The van der Waals surface area contributed by atoms with Gasteiger partial charge in [-0.3, -0.25) is 0 Å². The molecule has 1 heterocycles. The molecule has 0 saturated heterocycles. The zero-order chi connectivity index (χ0) is 19.9. The summed E-state index contributed by atoms with van der Waals surface area (Å²) in [6, 6.07) is 21.5. The molecular formula is C22H23NO4S. The zero-order valence-corrected chi connectivity index (χ0v) is 16.1. The van der Waals surface area contributed by atoms with Crippen molar-refractivity contribution < 1.29 is 20.0 Å². The van der Waals surface area contributed by atoms with Gasteiger partial charge in [-0.05, 0) is 22.8 Å². The predicted molar refractivity (Wildman–Crippen MR) is 109 cm³/mol. The quantitative estimate of drug-likeness (QED) is 0.309. The molecule has 6 heteroatoms. The molecule has 0 aliphatic rings. The van der Waals surface area contributed by atoms with Gasteiger partial charge in [-0.25, -0.2) is 0 Å². The minimum absolute atomic E-state index is 0.0655. The van der Waals surface area contributed by atoms with E-state index >= 15 is 0 Å². The Labute approximate surface area is 168 Å². The van der Waals surface area contributed by atoms with E-state index in [1.165, 1.54) is 18.0 Å². The molecule has 0 aliphatic heterocycles. The molecular weight excluding hydrogens is 374 g/mol. The molecule has 1 aromatic heterocycles. The number of benzene rings is 2. The number of aliphatic hydroxyl groups is 3. The van der Waals surface area contributed by atoms with Crippen molar-refractivity contribution >= 4 is 11.8 Å². The van der Waals surface area contributed by atoms with Crippen molar-refractivity contribution in [2.75, 3.05) is 5.75 Å². The Morgan fingerprint density at radius 2 is 1.54 bits per heavy atom. The highest BCUT2D eigenvalue weighted by Gasteiger charge is 2.30. The molecule has 2 aromatic carbocycles. The van der Waals surface area contributed by atoms with E-state index in [1.54, 1.807) is 42.5 Å². The van der Waals surface area contributed by atoms with Gasteiger partial charge in [0.05, 0.1) is 18.8 Å². The molecule has 3 atom stereocenters. The summed E-state index contributed by atoms with van der Waals surface area (Å²) in [6.45, 7) is -0.0655. The van der Waals surface area contributed by atoms with E-state index in [2.05, 4.69) is 0 Å². The third-order valence-electron chi connectivity index (χ3n) is 4.63. The molecule has 0 aliphatic carbocycles. The normalized spacial score (nSPS) is 14.4. The second-order valence-electron chi connectivity index (χ2n) is 6.52. The van der Waals surface area contributed by atoms with Gasteiger partial charge in [0.25, 0.3) is 5.03 Å². The number of nitrogens with zero attached hydrogens (tertiary/aromatic N) is 1. The summed E-state index contributed by atoms with van der Waals surface area (Å²) in [5.74, 6) is -0.296. The van der Waals surface area contributed by atoms with E-state index < -0.39 is 18.1 Å². The average Bonchev–Trinajstić information content (AvgIpc) is 2.74. The number of thioether (sulfide) groups is 1.